The second-order valence-electron chi connectivity index (χ2n) is 4.34. The molecule has 0 spiro atoms. The van der Waals surface area contributed by atoms with Gasteiger partial charge in [0.2, 0.25) is 0 Å². The maximum Gasteiger partial charge on any atom is 0.508 e. The standard InChI is InChI=1S/C15H22NO4/c1-3-16(18,4-2)11-8-12-19-15(17)20-13-14-9-6-5-7-10-14/h5-11,18H,3-4,12-13H2,1-2H3/q+1/b11-8+. The van der Waals surface area contributed by atoms with E-state index in [0.29, 0.717) is 13.1 Å². The first kappa shape index (κ1) is 16.2. The molecular formula is C15H22NO4+. The second kappa shape index (κ2) is 8.35. The number of benzene rings is 1. The van der Waals surface area contributed by atoms with Crippen LogP contribution in [-0.4, -0.2) is 35.7 Å². The molecule has 0 aromatic heterocycles. The van der Waals surface area contributed by atoms with Crippen LogP contribution in [-0.2, 0) is 16.1 Å². The Bertz CT molecular complexity index is 427. The Balaban J connectivity index is 2.25. The van der Waals surface area contributed by atoms with Crippen molar-refractivity contribution in [3.63, 3.8) is 0 Å². The van der Waals surface area contributed by atoms with Crippen molar-refractivity contribution in [1.82, 2.24) is 0 Å². The van der Waals surface area contributed by atoms with Gasteiger partial charge < -0.3 is 9.47 Å². The summed E-state index contributed by atoms with van der Waals surface area (Å²) in [6.45, 7) is 5.14. The van der Waals surface area contributed by atoms with Gasteiger partial charge in [-0.25, -0.2) is 10.0 Å². The maximum absolute atomic E-state index is 11.3. The van der Waals surface area contributed by atoms with Crippen LogP contribution in [0.3, 0.4) is 0 Å². The molecule has 1 N–H and O–H groups in total. The lowest BCUT2D eigenvalue weighted by Gasteiger charge is -2.22. The average molecular weight is 280 g/mol. The van der Waals surface area contributed by atoms with Gasteiger partial charge in [0.15, 0.2) is 0 Å². The highest BCUT2D eigenvalue weighted by molar-refractivity contribution is 5.60. The molecule has 0 saturated carbocycles. The van der Waals surface area contributed by atoms with Gasteiger partial charge in [-0.3, -0.25) is 0 Å². The van der Waals surface area contributed by atoms with Crippen LogP contribution in [0, 0.1) is 0 Å². The Labute approximate surface area is 119 Å². The smallest absolute Gasteiger partial charge is 0.430 e. The van der Waals surface area contributed by atoms with Crippen molar-refractivity contribution in [2.45, 2.75) is 20.5 Å². The molecule has 0 aliphatic carbocycles. The minimum Gasteiger partial charge on any atom is -0.430 e. The SMILES string of the molecule is CC[N+](O)(/C=C/COC(=O)OCc1ccccc1)CC. The summed E-state index contributed by atoms with van der Waals surface area (Å²) in [5.41, 5.74) is 0.906. The van der Waals surface area contributed by atoms with Crippen LogP contribution < -0.4 is 0 Å². The zero-order valence-electron chi connectivity index (χ0n) is 12.0. The molecule has 110 valence electrons. The van der Waals surface area contributed by atoms with E-state index in [1.807, 2.05) is 44.2 Å². The van der Waals surface area contributed by atoms with Gasteiger partial charge in [0.1, 0.15) is 32.5 Å². The number of ether oxygens (including phenoxy) is 2. The van der Waals surface area contributed by atoms with Gasteiger partial charge in [-0.05, 0) is 19.4 Å². The summed E-state index contributed by atoms with van der Waals surface area (Å²) in [7, 11) is 0. The van der Waals surface area contributed by atoms with Crippen molar-refractivity contribution in [2.24, 2.45) is 0 Å². The molecule has 1 rings (SSSR count). The van der Waals surface area contributed by atoms with E-state index < -0.39 is 6.16 Å². The third kappa shape index (κ3) is 5.86. The molecule has 0 heterocycles. The Morgan fingerprint density at radius 2 is 1.85 bits per heavy atom. The molecule has 0 aliphatic heterocycles. The highest BCUT2D eigenvalue weighted by Gasteiger charge is 2.15. The predicted molar refractivity (Wildman–Crippen MR) is 74.8 cm³/mol. The monoisotopic (exact) mass is 280 g/mol. The van der Waals surface area contributed by atoms with Crippen LogP contribution in [0.4, 0.5) is 4.79 Å². The van der Waals surface area contributed by atoms with Gasteiger partial charge in [0, 0.05) is 6.08 Å². The fourth-order valence-electron chi connectivity index (χ4n) is 1.55. The fourth-order valence-corrected chi connectivity index (χ4v) is 1.55. The summed E-state index contributed by atoms with van der Waals surface area (Å²) < 4.78 is 9.65. The van der Waals surface area contributed by atoms with E-state index in [-0.39, 0.29) is 17.9 Å². The van der Waals surface area contributed by atoms with Gasteiger partial charge in [0.05, 0.1) is 0 Å². The lowest BCUT2D eigenvalue weighted by molar-refractivity contribution is -1.06. The normalized spacial score (nSPS) is 11.6. The quantitative estimate of drug-likeness (QED) is 0.474. The zero-order valence-corrected chi connectivity index (χ0v) is 12.0. The maximum atomic E-state index is 11.3. The van der Waals surface area contributed by atoms with Crippen LogP contribution in [0.1, 0.15) is 19.4 Å². The summed E-state index contributed by atoms with van der Waals surface area (Å²) in [6.07, 6.45) is 2.49. The van der Waals surface area contributed by atoms with E-state index in [1.165, 1.54) is 0 Å². The molecule has 0 amide bonds. The van der Waals surface area contributed by atoms with Crippen molar-refractivity contribution < 1.29 is 24.1 Å². The molecule has 0 radical (unpaired) electrons. The van der Waals surface area contributed by atoms with Crippen molar-refractivity contribution in [3.05, 3.63) is 48.2 Å². The van der Waals surface area contributed by atoms with E-state index in [1.54, 1.807) is 12.3 Å². The summed E-state index contributed by atoms with van der Waals surface area (Å²) in [6, 6.07) is 9.38. The summed E-state index contributed by atoms with van der Waals surface area (Å²) >= 11 is 0. The number of carbonyl (C=O) groups is 1. The zero-order chi connectivity index (χ0) is 14.8. The fraction of sp³-hybridized carbons (Fsp3) is 0.400. The molecule has 5 nitrogen and oxygen atoms in total. The Hall–Kier alpha value is -1.85. The number of hydrogen-bond acceptors (Lipinski definition) is 4. The second-order valence-corrected chi connectivity index (χ2v) is 4.34. The lowest BCUT2D eigenvalue weighted by Crippen LogP contribution is -2.38. The number of rotatable bonds is 7. The summed E-state index contributed by atoms with van der Waals surface area (Å²) in [5.74, 6) is 0. The van der Waals surface area contributed by atoms with Crippen molar-refractivity contribution in [2.75, 3.05) is 19.7 Å². The molecule has 5 heteroatoms. The molecule has 0 atom stereocenters. The van der Waals surface area contributed by atoms with Gasteiger partial charge in [-0.2, -0.15) is 4.65 Å². The molecule has 0 fully saturated rings. The molecular weight excluding hydrogens is 258 g/mol. The summed E-state index contributed by atoms with van der Waals surface area (Å²) in [4.78, 5) is 11.3. The van der Waals surface area contributed by atoms with E-state index >= 15 is 0 Å². The van der Waals surface area contributed by atoms with Crippen molar-refractivity contribution >= 4 is 6.16 Å². The number of quaternary nitrogens is 1. The molecule has 0 saturated heterocycles. The van der Waals surface area contributed by atoms with E-state index in [2.05, 4.69) is 0 Å². The number of hydroxylamine groups is 3. The molecule has 0 aliphatic rings. The minimum atomic E-state index is -0.720. The Morgan fingerprint density at radius 1 is 1.20 bits per heavy atom. The average Bonchev–Trinajstić information content (AvgIpc) is 2.50. The molecule has 1 aromatic rings. The number of carbonyl (C=O) groups excluding carboxylic acids is 1. The first-order valence-electron chi connectivity index (χ1n) is 6.70. The lowest BCUT2D eigenvalue weighted by atomic mass is 10.2. The third-order valence-electron chi connectivity index (χ3n) is 2.98. The van der Waals surface area contributed by atoms with Gasteiger partial charge in [0.25, 0.3) is 0 Å². The minimum absolute atomic E-state index is 0.0776. The molecule has 0 unspecified atom stereocenters. The van der Waals surface area contributed by atoms with Crippen molar-refractivity contribution in [3.8, 4) is 0 Å². The van der Waals surface area contributed by atoms with Crippen LogP contribution in [0.25, 0.3) is 0 Å². The molecule has 1 aromatic carbocycles. The first-order chi connectivity index (χ1) is 9.59. The van der Waals surface area contributed by atoms with Crippen molar-refractivity contribution in [1.29, 1.82) is 0 Å². The number of hydrogen-bond donors (Lipinski definition) is 1. The Morgan fingerprint density at radius 3 is 2.45 bits per heavy atom. The topological polar surface area (TPSA) is 55.8 Å². The summed E-state index contributed by atoms with van der Waals surface area (Å²) in [5, 5.41) is 9.92. The van der Waals surface area contributed by atoms with E-state index in [4.69, 9.17) is 9.47 Å². The van der Waals surface area contributed by atoms with Crippen LogP contribution in [0.5, 0.6) is 0 Å². The third-order valence-corrected chi connectivity index (χ3v) is 2.98. The highest BCUT2D eigenvalue weighted by atomic mass is 16.7. The Kier molecular flexibility index (Phi) is 6.76. The van der Waals surface area contributed by atoms with Gasteiger partial charge in [-0.15, -0.1) is 0 Å². The first-order valence-corrected chi connectivity index (χ1v) is 6.70. The van der Waals surface area contributed by atoms with E-state index in [0.717, 1.165) is 5.56 Å². The predicted octanol–water partition coefficient (Wildman–Crippen LogP) is 3.10. The number of nitrogens with zero attached hydrogens (tertiary/aromatic N) is 1. The van der Waals surface area contributed by atoms with Crippen LogP contribution >= 0.6 is 0 Å². The van der Waals surface area contributed by atoms with Gasteiger partial charge >= 0.3 is 6.16 Å². The van der Waals surface area contributed by atoms with Crippen LogP contribution in [0.15, 0.2) is 42.6 Å². The molecule has 20 heavy (non-hydrogen) atoms. The molecule has 0 bridgehead atoms. The largest absolute Gasteiger partial charge is 0.508 e. The van der Waals surface area contributed by atoms with Gasteiger partial charge in [-0.1, -0.05) is 30.3 Å². The van der Waals surface area contributed by atoms with Crippen LogP contribution in [0.2, 0.25) is 0 Å². The highest BCUT2D eigenvalue weighted by Crippen LogP contribution is 2.03. The van der Waals surface area contributed by atoms with E-state index in [9.17, 15) is 10.0 Å².